The van der Waals surface area contributed by atoms with E-state index >= 15 is 0 Å². The lowest BCUT2D eigenvalue weighted by atomic mass is 9.69. The van der Waals surface area contributed by atoms with Crippen LogP contribution in [0.2, 0.25) is 0 Å². The zero-order valence-corrected chi connectivity index (χ0v) is 14.3. The Kier molecular flexibility index (Phi) is 4.65. The molecule has 6 nitrogen and oxygen atoms in total. The van der Waals surface area contributed by atoms with Gasteiger partial charge in [-0.3, -0.25) is 4.79 Å². The van der Waals surface area contributed by atoms with Crippen LogP contribution in [0.5, 0.6) is 0 Å². The second-order valence-electron chi connectivity index (χ2n) is 7.21. The summed E-state index contributed by atoms with van der Waals surface area (Å²) in [7, 11) is -3.40. The van der Waals surface area contributed by atoms with Gasteiger partial charge in [-0.2, -0.15) is 5.26 Å². The predicted molar refractivity (Wildman–Crippen MR) is 85.8 cm³/mol. The third-order valence-corrected chi connectivity index (χ3v) is 7.55. The van der Waals surface area contributed by atoms with E-state index in [1.165, 1.54) is 0 Å². The molecule has 128 valence electrons. The molecule has 1 amide bonds. The summed E-state index contributed by atoms with van der Waals surface area (Å²) in [5.41, 5.74) is -0.884. The van der Waals surface area contributed by atoms with Gasteiger partial charge >= 0.3 is 0 Å². The molecule has 0 aromatic carbocycles. The molecule has 2 saturated carbocycles. The number of rotatable bonds is 4. The van der Waals surface area contributed by atoms with Gasteiger partial charge in [0.25, 0.3) is 0 Å². The van der Waals surface area contributed by atoms with Crippen LogP contribution in [-0.2, 0) is 14.8 Å². The number of carbonyl (C=O) groups excluding carboxylic acids is 1. The van der Waals surface area contributed by atoms with Gasteiger partial charge in [-0.05, 0) is 44.9 Å². The Bertz CT molecular complexity index is 601. The van der Waals surface area contributed by atoms with E-state index in [0.29, 0.717) is 32.2 Å². The number of amides is 1. The molecule has 0 aromatic rings. The van der Waals surface area contributed by atoms with Gasteiger partial charge in [-0.15, -0.1) is 0 Å². The number of likely N-dealkylation sites (tertiary alicyclic amines) is 1. The summed E-state index contributed by atoms with van der Waals surface area (Å²) >= 11 is 0. The molecule has 1 saturated heterocycles. The van der Waals surface area contributed by atoms with E-state index in [4.69, 9.17) is 0 Å². The fourth-order valence-corrected chi connectivity index (χ4v) is 5.70. The summed E-state index contributed by atoms with van der Waals surface area (Å²) < 4.78 is 28.0. The molecular weight excluding hydrogens is 314 g/mol. The Morgan fingerprint density at radius 2 is 1.83 bits per heavy atom. The monoisotopic (exact) mass is 339 g/mol. The van der Waals surface area contributed by atoms with Crippen LogP contribution in [0.15, 0.2) is 0 Å². The van der Waals surface area contributed by atoms with Crippen molar-refractivity contribution < 1.29 is 13.2 Å². The van der Waals surface area contributed by atoms with Crippen LogP contribution in [0.25, 0.3) is 0 Å². The van der Waals surface area contributed by atoms with Crippen molar-refractivity contribution in [3.8, 4) is 6.07 Å². The maximum Gasteiger partial charge on any atom is 0.243 e. The molecule has 3 rings (SSSR count). The number of piperidine rings is 1. The normalized spacial score (nSPS) is 28.1. The van der Waals surface area contributed by atoms with Crippen molar-refractivity contribution in [2.24, 2.45) is 5.41 Å². The van der Waals surface area contributed by atoms with Crippen molar-refractivity contribution in [1.29, 1.82) is 5.26 Å². The highest BCUT2D eigenvalue weighted by molar-refractivity contribution is 7.90. The zero-order chi connectivity index (χ0) is 16.5. The van der Waals surface area contributed by atoms with Crippen molar-refractivity contribution in [3.05, 3.63) is 0 Å². The van der Waals surface area contributed by atoms with Crippen LogP contribution in [0.1, 0.15) is 57.8 Å². The van der Waals surface area contributed by atoms with Crippen LogP contribution in [-0.4, -0.2) is 43.6 Å². The Hall–Kier alpha value is -1.13. The van der Waals surface area contributed by atoms with Gasteiger partial charge in [0, 0.05) is 19.1 Å². The lowest BCUT2D eigenvalue weighted by Gasteiger charge is -2.41. The summed E-state index contributed by atoms with van der Waals surface area (Å²) in [4.78, 5) is 14.3. The molecule has 23 heavy (non-hydrogen) atoms. The van der Waals surface area contributed by atoms with Crippen molar-refractivity contribution in [2.45, 2.75) is 69.1 Å². The lowest BCUT2D eigenvalue weighted by Crippen LogP contribution is -2.54. The van der Waals surface area contributed by atoms with Gasteiger partial charge in [-0.1, -0.05) is 12.8 Å². The third kappa shape index (κ3) is 3.24. The van der Waals surface area contributed by atoms with E-state index < -0.39 is 20.7 Å². The van der Waals surface area contributed by atoms with Crippen LogP contribution in [0.3, 0.4) is 0 Å². The molecule has 0 bridgehead atoms. The zero-order valence-electron chi connectivity index (χ0n) is 13.5. The van der Waals surface area contributed by atoms with Gasteiger partial charge in [0.1, 0.15) is 5.41 Å². The fraction of sp³-hybridized carbons (Fsp3) is 0.875. The molecule has 3 aliphatic rings. The molecular formula is C16H25N3O3S. The van der Waals surface area contributed by atoms with Crippen LogP contribution >= 0.6 is 0 Å². The highest BCUT2D eigenvalue weighted by Gasteiger charge is 2.48. The second kappa shape index (κ2) is 6.40. The van der Waals surface area contributed by atoms with Crippen LogP contribution < -0.4 is 4.72 Å². The standard InChI is InChI=1S/C16H25N3O3S/c17-12-16(8-4-9-16)15(20)19-10-3-7-14(11-19)23(21,22)18-13-5-1-2-6-13/h13-14,18H,1-11H2/t14-/m0/s1. The number of nitrogens with one attached hydrogen (secondary N) is 1. The smallest absolute Gasteiger partial charge is 0.243 e. The number of carbonyl (C=O) groups is 1. The average molecular weight is 339 g/mol. The van der Waals surface area contributed by atoms with Crippen molar-refractivity contribution >= 4 is 15.9 Å². The maximum absolute atomic E-state index is 12.6. The topological polar surface area (TPSA) is 90.3 Å². The van der Waals surface area contributed by atoms with Crippen LogP contribution in [0, 0.1) is 16.7 Å². The fourth-order valence-electron chi connectivity index (χ4n) is 3.95. The Balaban J connectivity index is 1.66. The summed E-state index contributed by atoms with van der Waals surface area (Å²) in [6, 6.07) is 2.23. The first-order chi connectivity index (χ1) is 11.0. The Morgan fingerprint density at radius 3 is 2.39 bits per heavy atom. The highest BCUT2D eigenvalue weighted by atomic mass is 32.2. The van der Waals surface area contributed by atoms with E-state index in [9.17, 15) is 18.5 Å². The quantitative estimate of drug-likeness (QED) is 0.841. The molecule has 7 heteroatoms. The molecule has 0 radical (unpaired) electrons. The molecule has 1 atom stereocenters. The van der Waals surface area contributed by atoms with Gasteiger partial charge < -0.3 is 4.90 Å². The minimum atomic E-state index is -3.40. The molecule has 2 aliphatic carbocycles. The van der Waals surface area contributed by atoms with E-state index in [1.54, 1.807) is 4.90 Å². The summed E-state index contributed by atoms with van der Waals surface area (Å²) in [6.45, 7) is 0.794. The van der Waals surface area contributed by atoms with Crippen molar-refractivity contribution in [3.63, 3.8) is 0 Å². The van der Waals surface area contributed by atoms with Crippen molar-refractivity contribution in [2.75, 3.05) is 13.1 Å². The number of nitriles is 1. The van der Waals surface area contributed by atoms with Gasteiger partial charge in [0.05, 0.1) is 11.3 Å². The maximum atomic E-state index is 12.6. The highest BCUT2D eigenvalue weighted by Crippen LogP contribution is 2.42. The number of hydrogen-bond donors (Lipinski definition) is 1. The largest absolute Gasteiger partial charge is 0.340 e. The average Bonchev–Trinajstić information content (AvgIpc) is 2.99. The third-order valence-electron chi connectivity index (χ3n) is 5.62. The SMILES string of the molecule is N#CC1(C(=O)N2CCC[C@H](S(=O)(=O)NC3CCCC3)C2)CCC1. The van der Waals surface area contributed by atoms with Gasteiger partial charge in [-0.25, -0.2) is 13.1 Å². The molecule has 0 unspecified atom stereocenters. The summed E-state index contributed by atoms with van der Waals surface area (Å²) in [5.74, 6) is -0.160. The predicted octanol–water partition coefficient (Wildman–Crippen LogP) is 1.53. The van der Waals surface area contributed by atoms with Crippen molar-refractivity contribution in [1.82, 2.24) is 9.62 Å². The minimum absolute atomic E-state index is 0.0585. The number of hydrogen-bond acceptors (Lipinski definition) is 4. The molecule has 3 fully saturated rings. The van der Waals surface area contributed by atoms with Gasteiger partial charge in [0.2, 0.25) is 15.9 Å². The van der Waals surface area contributed by atoms with Crippen LogP contribution in [0.4, 0.5) is 0 Å². The molecule has 1 heterocycles. The lowest BCUT2D eigenvalue weighted by molar-refractivity contribution is -0.143. The molecule has 1 N–H and O–H groups in total. The van der Waals surface area contributed by atoms with E-state index in [-0.39, 0.29) is 18.5 Å². The first kappa shape index (κ1) is 16.7. The van der Waals surface area contributed by atoms with Gasteiger partial charge in [0.15, 0.2) is 0 Å². The second-order valence-corrected chi connectivity index (χ2v) is 9.20. The van der Waals surface area contributed by atoms with E-state index in [2.05, 4.69) is 10.8 Å². The minimum Gasteiger partial charge on any atom is -0.340 e. The summed E-state index contributed by atoms with van der Waals surface area (Å²) in [6.07, 6.45) is 7.36. The van der Waals surface area contributed by atoms with E-state index in [0.717, 1.165) is 32.1 Å². The molecule has 1 aliphatic heterocycles. The Morgan fingerprint density at radius 1 is 1.13 bits per heavy atom. The first-order valence-corrected chi connectivity index (χ1v) is 10.2. The Labute approximate surface area is 138 Å². The summed E-state index contributed by atoms with van der Waals surface area (Å²) in [5, 5.41) is 8.78. The number of nitrogens with zero attached hydrogens (tertiary/aromatic N) is 2. The number of sulfonamides is 1. The molecule has 0 aromatic heterocycles. The first-order valence-electron chi connectivity index (χ1n) is 8.69. The van der Waals surface area contributed by atoms with E-state index in [1.807, 2.05) is 0 Å². The molecule has 0 spiro atoms.